The van der Waals surface area contributed by atoms with Gasteiger partial charge in [0.2, 0.25) is 5.79 Å². The standard InChI is InChI=1S/C48H74N2O14/c1-10-13-34-21-28(2)20-29(3)22-40(60-8)43-41(61-9)24-32(6)48(58,64-43)44(54)45(55)50-19-12-11-14-36(50)46(56)63-42(30(4)15-17-37(34)53)31(5)23-33-16-18-38(39(25-33)59-7)62-47(57)49-26-35(52)27-51/h10,15,17,21,23,29-30,32-36,38-43,51-52,58H,1,11-14,16,18-20,22,24-27H2,2-9H3,(H,49,57). The Bertz CT molecular complexity index is 1710. The number of ketones is 2. The maximum absolute atomic E-state index is 14.4. The molecule has 14 atom stereocenters. The highest BCUT2D eigenvalue weighted by molar-refractivity contribution is 6.39. The molecule has 2 amide bonds. The van der Waals surface area contributed by atoms with Crippen LogP contribution in [0.1, 0.15) is 98.8 Å². The summed E-state index contributed by atoms with van der Waals surface area (Å²) >= 11 is 0. The summed E-state index contributed by atoms with van der Waals surface area (Å²) < 4.78 is 35.7. The molecule has 4 N–H and O–H groups in total. The Morgan fingerprint density at radius 3 is 2.34 bits per heavy atom. The molecule has 0 radical (unpaired) electrons. The molecule has 3 heterocycles. The van der Waals surface area contributed by atoms with Crippen molar-refractivity contribution in [3.8, 4) is 0 Å². The highest BCUT2D eigenvalue weighted by Crippen LogP contribution is 2.39. The Morgan fingerprint density at radius 1 is 1.00 bits per heavy atom. The lowest BCUT2D eigenvalue weighted by Gasteiger charge is -2.47. The second-order valence-corrected chi connectivity index (χ2v) is 18.4. The number of nitrogens with zero attached hydrogens (tertiary/aromatic N) is 1. The van der Waals surface area contributed by atoms with E-state index in [2.05, 4.69) is 11.9 Å². The van der Waals surface area contributed by atoms with Crippen molar-refractivity contribution in [1.82, 2.24) is 10.2 Å². The first-order chi connectivity index (χ1) is 30.4. The van der Waals surface area contributed by atoms with Crippen LogP contribution in [0.3, 0.4) is 0 Å². The van der Waals surface area contributed by atoms with Crippen molar-refractivity contribution in [2.45, 2.75) is 153 Å². The van der Waals surface area contributed by atoms with Crippen molar-refractivity contribution in [2.24, 2.45) is 29.6 Å². The van der Waals surface area contributed by atoms with Gasteiger partial charge in [-0.3, -0.25) is 14.4 Å². The molecule has 14 unspecified atom stereocenters. The summed E-state index contributed by atoms with van der Waals surface area (Å²) in [7, 11) is 4.58. The quantitative estimate of drug-likeness (QED) is 0.127. The Balaban J connectivity index is 1.71. The molecule has 64 heavy (non-hydrogen) atoms. The van der Waals surface area contributed by atoms with E-state index in [-0.39, 0.29) is 43.6 Å². The topological polar surface area (TPSA) is 217 Å². The van der Waals surface area contributed by atoms with E-state index in [0.29, 0.717) is 56.9 Å². The summed E-state index contributed by atoms with van der Waals surface area (Å²) in [5.41, 5.74) is 1.67. The highest BCUT2D eigenvalue weighted by Gasteiger charge is 2.56. The van der Waals surface area contributed by atoms with Crippen LogP contribution in [0.4, 0.5) is 4.79 Å². The number of rotatable bonds is 11. The predicted molar refractivity (Wildman–Crippen MR) is 236 cm³/mol. The van der Waals surface area contributed by atoms with E-state index in [0.717, 1.165) is 5.57 Å². The van der Waals surface area contributed by atoms with Gasteiger partial charge in [-0.05, 0) is 102 Å². The number of aliphatic hydroxyl groups excluding tert-OH is 2. The average molecular weight is 903 g/mol. The number of ether oxygens (including phenoxy) is 6. The maximum Gasteiger partial charge on any atom is 0.407 e. The Labute approximate surface area is 378 Å². The third-order valence-corrected chi connectivity index (χ3v) is 13.3. The number of methoxy groups -OCH3 is 3. The molecular weight excluding hydrogens is 829 g/mol. The van der Waals surface area contributed by atoms with Gasteiger partial charge in [-0.2, -0.15) is 0 Å². The summed E-state index contributed by atoms with van der Waals surface area (Å²) in [6, 6.07) is -1.13. The smallest absolute Gasteiger partial charge is 0.407 e. The summed E-state index contributed by atoms with van der Waals surface area (Å²) in [6.45, 7) is 12.6. The largest absolute Gasteiger partial charge is 0.456 e. The normalized spacial score (nSPS) is 35.9. The third-order valence-electron chi connectivity index (χ3n) is 13.3. The predicted octanol–water partition coefficient (Wildman–Crippen LogP) is 4.53. The zero-order valence-electron chi connectivity index (χ0n) is 39.1. The molecule has 2 saturated heterocycles. The zero-order chi connectivity index (χ0) is 47.3. The number of allylic oxidation sites excluding steroid dienone is 5. The first-order valence-corrected chi connectivity index (χ1v) is 22.9. The number of carbonyl (C=O) groups is 5. The van der Waals surface area contributed by atoms with Crippen LogP contribution in [0.15, 0.2) is 48.1 Å². The summed E-state index contributed by atoms with van der Waals surface area (Å²) in [4.78, 5) is 70.6. The number of nitrogens with one attached hydrogen (secondary N) is 1. The minimum Gasteiger partial charge on any atom is -0.456 e. The number of piperidine rings is 1. The van der Waals surface area contributed by atoms with E-state index in [1.165, 1.54) is 32.3 Å². The lowest BCUT2D eigenvalue weighted by atomic mass is 9.82. The van der Waals surface area contributed by atoms with E-state index in [1.54, 1.807) is 19.1 Å². The van der Waals surface area contributed by atoms with Gasteiger partial charge in [-0.1, -0.05) is 50.6 Å². The van der Waals surface area contributed by atoms with Gasteiger partial charge in [-0.15, -0.1) is 6.58 Å². The second-order valence-electron chi connectivity index (χ2n) is 18.4. The van der Waals surface area contributed by atoms with Crippen LogP contribution in [-0.4, -0.2) is 145 Å². The summed E-state index contributed by atoms with van der Waals surface area (Å²) in [5.74, 6) is -7.52. The number of aliphatic hydroxyl groups is 3. The van der Waals surface area contributed by atoms with E-state index in [9.17, 15) is 34.2 Å². The second kappa shape index (κ2) is 24.7. The summed E-state index contributed by atoms with van der Waals surface area (Å²) in [5, 5.41) is 33.2. The van der Waals surface area contributed by atoms with Gasteiger partial charge in [0, 0.05) is 52.2 Å². The number of hydrogen-bond donors (Lipinski definition) is 4. The molecule has 0 aromatic carbocycles. The number of fused-ring (bicyclic) bond motifs is 3. The first-order valence-electron chi connectivity index (χ1n) is 22.9. The molecule has 2 bridgehead atoms. The van der Waals surface area contributed by atoms with Crippen LogP contribution < -0.4 is 5.32 Å². The number of carbonyl (C=O) groups excluding carboxylic acids is 5. The van der Waals surface area contributed by atoms with E-state index in [4.69, 9.17) is 33.5 Å². The number of hydrogen-bond acceptors (Lipinski definition) is 14. The molecule has 360 valence electrons. The average Bonchev–Trinajstić information content (AvgIpc) is 3.28. The number of alkyl carbamates (subject to hydrolysis) is 1. The molecule has 3 aliphatic heterocycles. The molecule has 4 aliphatic rings. The van der Waals surface area contributed by atoms with Crippen LogP contribution >= 0.6 is 0 Å². The van der Waals surface area contributed by atoms with Crippen molar-refractivity contribution < 1.29 is 67.7 Å². The number of cyclic esters (lactones) is 1. The monoisotopic (exact) mass is 903 g/mol. The van der Waals surface area contributed by atoms with Crippen molar-refractivity contribution in [1.29, 1.82) is 0 Å². The zero-order valence-corrected chi connectivity index (χ0v) is 39.1. The lowest BCUT2D eigenvalue weighted by molar-refractivity contribution is -0.302. The fourth-order valence-electron chi connectivity index (χ4n) is 9.69. The molecule has 16 heteroatoms. The van der Waals surface area contributed by atoms with Gasteiger partial charge < -0.3 is 54.0 Å². The molecule has 0 aromatic rings. The Kier molecular flexibility index (Phi) is 20.4. The van der Waals surface area contributed by atoms with Crippen LogP contribution in [0, 0.1) is 29.6 Å². The van der Waals surface area contributed by atoms with Crippen LogP contribution in [0.25, 0.3) is 0 Å². The van der Waals surface area contributed by atoms with Gasteiger partial charge >= 0.3 is 12.1 Å². The maximum atomic E-state index is 14.4. The number of Topliss-reactive ketones (excluding diaryl/α,β-unsaturated/α-hetero) is 1. The third kappa shape index (κ3) is 13.6. The highest BCUT2D eigenvalue weighted by atomic mass is 16.7. The first kappa shape index (κ1) is 52.9. The van der Waals surface area contributed by atoms with Gasteiger partial charge in [0.05, 0.1) is 31.0 Å². The van der Waals surface area contributed by atoms with Crippen molar-refractivity contribution in [3.05, 3.63) is 48.1 Å². The van der Waals surface area contributed by atoms with E-state index >= 15 is 0 Å². The Morgan fingerprint density at radius 2 is 1.69 bits per heavy atom. The van der Waals surface area contributed by atoms with Crippen LogP contribution in [-0.2, 0) is 47.6 Å². The van der Waals surface area contributed by atoms with Crippen molar-refractivity contribution >= 4 is 29.5 Å². The molecule has 4 rings (SSSR count). The number of amides is 2. The van der Waals surface area contributed by atoms with Gasteiger partial charge in [0.1, 0.15) is 24.4 Å². The lowest BCUT2D eigenvalue weighted by Crippen LogP contribution is -2.64. The van der Waals surface area contributed by atoms with E-state index in [1.807, 2.05) is 39.8 Å². The minimum absolute atomic E-state index is 0.0163. The minimum atomic E-state index is -2.52. The molecule has 0 spiro atoms. The van der Waals surface area contributed by atoms with E-state index < -0.39 is 103 Å². The van der Waals surface area contributed by atoms with Gasteiger partial charge in [0.25, 0.3) is 11.7 Å². The van der Waals surface area contributed by atoms with Gasteiger partial charge in [-0.25, -0.2) is 9.59 Å². The SMILES string of the molecule is C=CCC1C=C(C)CC(C)CC(OC)C2OC(O)(C(=O)C(=O)N3CCCCC3C(=O)OC(C(C)=CC3CCC(OC(=O)NCC(O)CO)C(OC)C3)C(C)C=CC1=O)C(C)CC2OC. The molecule has 0 aromatic heterocycles. The van der Waals surface area contributed by atoms with Gasteiger partial charge in [0.15, 0.2) is 5.78 Å². The van der Waals surface area contributed by atoms with Crippen LogP contribution in [0.5, 0.6) is 0 Å². The van der Waals surface area contributed by atoms with Crippen molar-refractivity contribution in [3.63, 3.8) is 0 Å². The molecule has 1 aliphatic carbocycles. The Hall–Kier alpha value is -3.77. The fraction of sp³-hybridized carbons (Fsp3) is 0.729. The van der Waals surface area contributed by atoms with Crippen LogP contribution in [0.2, 0.25) is 0 Å². The summed E-state index contributed by atoms with van der Waals surface area (Å²) in [6.07, 6.45) is 7.56. The number of esters is 1. The molecular formula is C48H74N2O14. The molecule has 16 nitrogen and oxygen atoms in total. The van der Waals surface area contributed by atoms with Crippen molar-refractivity contribution in [2.75, 3.05) is 41.0 Å². The molecule has 3 fully saturated rings. The molecule has 1 saturated carbocycles. The fourth-order valence-corrected chi connectivity index (χ4v) is 9.69.